The molecule has 5 heteroatoms. The molecule has 0 spiro atoms. The summed E-state index contributed by atoms with van der Waals surface area (Å²) in [6.45, 7) is 6.94. The highest BCUT2D eigenvalue weighted by Crippen LogP contribution is 2.14. The van der Waals surface area contributed by atoms with E-state index in [1.165, 1.54) is 44.9 Å². The largest absolute Gasteiger partial charge is 0.354 e. The third kappa shape index (κ3) is 10.3. The Labute approximate surface area is 153 Å². The molecule has 0 aromatic rings. The summed E-state index contributed by atoms with van der Waals surface area (Å²) >= 11 is 0. The van der Waals surface area contributed by atoms with Crippen molar-refractivity contribution in [1.82, 2.24) is 10.6 Å². The number of hydrogen-bond donors (Lipinski definition) is 2. The first kappa shape index (κ1) is 21.7. The molecule has 144 valence electrons. The fraction of sp³-hybridized carbons (Fsp3) is 0.850. The van der Waals surface area contributed by atoms with E-state index in [1.807, 2.05) is 6.92 Å². The molecule has 2 amide bonds. The van der Waals surface area contributed by atoms with Crippen molar-refractivity contribution in [3.8, 4) is 0 Å². The van der Waals surface area contributed by atoms with Crippen LogP contribution in [0.4, 0.5) is 0 Å². The van der Waals surface area contributed by atoms with E-state index < -0.39 is 0 Å². The van der Waals surface area contributed by atoms with Crippen LogP contribution in [-0.2, 0) is 9.59 Å². The van der Waals surface area contributed by atoms with Gasteiger partial charge in [-0.1, -0.05) is 52.4 Å². The highest BCUT2D eigenvalue weighted by atomic mass is 16.2. The number of aliphatic imine (C=N–C) groups is 1. The second kappa shape index (κ2) is 12.9. The van der Waals surface area contributed by atoms with Gasteiger partial charge in [0.15, 0.2) is 0 Å². The summed E-state index contributed by atoms with van der Waals surface area (Å²) in [6, 6.07) is 0.787. The van der Waals surface area contributed by atoms with E-state index >= 15 is 0 Å². The molecule has 2 heterocycles. The first-order valence-corrected chi connectivity index (χ1v) is 10.1. The molecule has 2 N–H and O–H groups in total. The number of rotatable bonds is 8. The summed E-state index contributed by atoms with van der Waals surface area (Å²) < 4.78 is 0. The number of amides is 2. The highest BCUT2D eigenvalue weighted by Gasteiger charge is 2.19. The van der Waals surface area contributed by atoms with Gasteiger partial charge in [-0.2, -0.15) is 0 Å². The Morgan fingerprint density at radius 2 is 1.76 bits per heavy atom. The molecule has 25 heavy (non-hydrogen) atoms. The van der Waals surface area contributed by atoms with E-state index in [0.29, 0.717) is 25.0 Å². The van der Waals surface area contributed by atoms with Crippen LogP contribution in [0, 0.1) is 0 Å². The summed E-state index contributed by atoms with van der Waals surface area (Å²) in [7, 11) is 0. The fourth-order valence-corrected chi connectivity index (χ4v) is 3.23. The highest BCUT2D eigenvalue weighted by molar-refractivity contribution is 6.00. The zero-order valence-corrected chi connectivity index (χ0v) is 16.4. The van der Waals surface area contributed by atoms with Crippen LogP contribution in [-0.4, -0.2) is 36.2 Å². The predicted molar refractivity (Wildman–Crippen MR) is 104 cm³/mol. The lowest BCUT2D eigenvalue weighted by Gasteiger charge is -2.08. The van der Waals surface area contributed by atoms with Crippen molar-refractivity contribution >= 4 is 17.5 Å². The monoisotopic (exact) mass is 351 g/mol. The summed E-state index contributed by atoms with van der Waals surface area (Å²) in [6.07, 6.45) is 12.5. The summed E-state index contributed by atoms with van der Waals surface area (Å²) in [5, 5.41) is 5.84. The molecule has 0 bridgehead atoms. The van der Waals surface area contributed by atoms with E-state index in [1.54, 1.807) is 0 Å². The van der Waals surface area contributed by atoms with Crippen LogP contribution in [0.1, 0.15) is 91.4 Å². The van der Waals surface area contributed by atoms with Gasteiger partial charge in [0.25, 0.3) is 0 Å². The van der Waals surface area contributed by atoms with Crippen LogP contribution >= 0.6 is 0 Å². The lowest BCUT2D eigenvalue weighted by molar-refractivity contribution is -0.120. The maximum absolute atomic E-state index is 11.0. The topological polar surface area (TPSA) is 70.6 Å². The Balaban J connectivity index is 0.000000257. The average molecular weight is 352 g/mol. The molecule has 0 aromatic heterocycles. The standard InChI is InChI=1S/C12H23NO.C8H14N2O/c1-2-3-4-5-6-7-8-11-9-10-12(14)13-11;1-3-7-5-9-8(11)4-6(2)10-7/h11H,2-10H2,1H3,(H,13,14);7H,3-5H2,1-2H3,(H,9,11). The molecule has 2 unspecified atom stereocenters. The van der Waals surface area contributed by atoms with Crippen molar-refractivity contribution in [3.63, 3.8) is 0 Å². The minimum atomic E-state index is 0.0993. The Bertz CT molecular complexity index is 435. The van der Waals surface area contributed by atoms with Crippen molar-refractivity contribution in [3.05, 3.63) is 0 Å². The normalized spacial score (nSPS) is 23.1. The summed E-state index contributed by atoms with van der Waals surface area (Å²) in [5.74, 6) is 0.350. The number of nitrogens with zero attached hydrogens (tertiary/aromatic N) is 1. The Kier molecular flexibility index (Phi) is 11.2. The van der Waals surface area contributed by atoms with Crippen molar-refractivity contribution in [2.75, 3.05) is 6.54 Å². The molecule has 0 aliphatic carbocycles. The molecular weight excluding hydrogens is 314 g/mol. The maximum Gasteiger partial charge on any atom is 0.225 e. The third-order valence-corrected chi connectivity index (χ3v) is 4.82. The average Bonchev–Trinajstić information content (AvgIpc) is 2.92. The molecule has 0 radical (unpaired) electrons. The lowest BCUT2D eigenvalue weighted by atomic mass is 10.0. The van der Waals surface area contributed by atoms with E-state index in [2.05, 4.69) is 29.5 Å². The minimum absolute atomic E-state index is 0.0993. The fourth-order valence-electron chi connectivity index (χ4n) is 3.23. The Morgan fingerprint density at radius 1 is 1.04 bits per heavy atom. The van der Waals surface area contributed by atoms with Gasteiger partial charge in [-0.3, -0.25) is 14.6 Å². The molecular formula is C20H37N3O2. The predicted octanol–water partition coefficient (Wildman–Crippen LogP) is 3.76. The van der Waals surface area contributed by atoms with Gasteiger partial charge >= 0.3 is 0 Å². The maximum atomic E-state index is 11.0. The van der Waals surface area contributed by atoms with Crippen LogP contribution in [0.5, 0.6) is 0 Å². The van der Waals surface area contributed by atoms with Gasteiger partial charge in [0.05, 0.1) is 12.5 Å². The molecule has 2 atom stereocenters. The van der Waals surface area contributed by atoms with Gasteiger partial charge in [-0.05, 0) is 26.2 Å². The molecule has 5 nitrogen and oxygen atoms in total. The van der Waals surface area contributed by atoms with Crippen LogP contribution < -0.4 is 10.6 Å². The van der Waals surface area contributed by atoms with Crippen molar-refractivity contribution in [1.29, 1.82) is 0 Å². The van der Waals surface area contributed by atoms with E-state index in [-0.39, 0.29) is 11.8 Å². The second-order valence-corrected chi connectivity index (χ2v) is 7.27. The van der Waals surface area contributed by atoms with Crippen molar-refractivity contribution < 1.29 is 9.59 Å². The van der Waals surface area contributed by atoms with Crippen molar-refractivity contribution in [2.24, 2.45) is 4.99 Å². The van der Waals surface area contributed by atoms with Gasteiger partial charge in [-0.15, -0.1) is 0 Å². The quantitative estimate of drug-likeness (QED) is 0.654. The Hall–Kier alpha value is -1.39. The van der Waals surface area contributed by atoms with E-state index in [0.717, 1.165) is 25.0 Å². The number of carbonyl (C=O) groups is 2. The number of unbranched alkanes of at least 4 members (excludes halogenated alkanes) is 5. The number of nitrogens with one attached hydrogen (secondary N) is 2. The van der Waals surface area contributed by atoms with Gasteiger partial charge < -0.3 is 10.6 Å². The first-order chi connectivity index (χ1) is 12.0. The van der Waals surface area contributed by atoms with Gasteiger partial charge in [0.1, 0.15) is 0 Å². The molecule has 1 fully saturated rings. The molecule has 2 aliphatic rings. The van der Waals surface area contributed by atoms with Crippen LogP contribution in [0.25, 0.3) is 0 Å². The molecule has 1 saturated heterocycles. The zero-order valence-electron chi connectivity index (χ0n) is 16.4. The third-order valence-electron chi connectivity index (χ3n) is 4.82. The van der Waals surface area contributed by atoms with E-state index in [9.17, 15) is 9.59 Å². The summed E-state index contributed by atoms with van der Waals surface area (Å²) in [4.78, 5) is 26.3. The van der Waals surface area contributed by atoms with Crippen LogP contribution in [0.3, 0.4) is 0 Å². The number of hydrogen-bond acceptors (Lipinski definition) is 3. The smallest absolute Gasteiger partial charge is 0.225 e. The number of carbonyl (C=O) groups excluding carboxylic acids is 2. The van der Waals surface area contributed by atoms with Gasteiger partial charge in [0, 0.05) is 24.7 Å². The lowest BCUT2D eigenvalue weighted by Crippen LogP contribution is -2.28. The van der Waals surface area contributed by atoms with Crippen LogP contribution in [0.2, 0.25) is 0 Å². The summed E-state index contributed by atoms with van der Waals surface area (Å²) in [5.41, 5.74) is 0.951. The van der Waals surface area contributed by atoms with Crippen LogP contribution in [0.15, 0.2) is 4.99 Å². The van der Waals surface area contributed by atoms with Crippen molar-refractivity contribution in [2.45, 2.75) is 103 Å². The first-order valence-electron chi connectivity index (χ1n) is 10.1. The SMILES string of the molecule is CCC1CNC(=O)CC(C)=N1.CCCCCCCCC1CCC(=O)N1. The molecule has 2 aliphatic heterocycles. The zero-order chi connectivity index (χ0) is 18.5. The molecule has 0 aromatic carbocycles. The van der Waals surface area contributed by atoms with Gasteiger partial charge in [0.2, 0.25) is 11.8 Å². The second-order valence-electron chi connectivity index (χ2n) is 7.27. The van der Waals surface area contributed by atoms with Gasteiger partial charge in [-0.25, -0.2) is 0 Å². The Morgan fingerprint density at radius 3 is 2.40 bits per heavy atom. The molecule has 0 saturated carbocycles. The van der Waals surface area contributed by atoms with E-state index in [4.69, 9.17) is 0 Å². The minimum Gasteiger partial charge on any atom is -0.354 e. The molecule has 2 rings (SSSR count).